The maximum Gasteiger partial charge on any atom is 0.321 e. The van der Waals surface area contributed by atoms with Crippen LogP contribution >= 0.6 is 11.6 Å². The van der Waals surface area contributed by atoms with Crippen LogP contribution in [0.1, 0.15) is 18.4 Å². The normalized spacial score (nSPS) is 24.7. The average molecular weight is 335 g/mol. The summed E-state index contributed by atoms with van der Waals surface area (Å²) in [4.78, 5) is 16.2. The number of anilines is 1. The number of hydrogen-bond donors (Lipinski definition) is 2. The molecule has 7 heteroatoms. The molecular weight excluding hydrogens is 316 g/mol. The monoisotopic (exact) mass is 334 g/mol. The fourth-order valence-corrected chi connectivity index (χ4v) is 3.48. The van der Waals surface area contributed by atoms with Crippen molar-refractivity contribution >= 4 is 23.3 Å². The Bertz CT molecular complexity index is 639. The molecule has 2 aliphatic heterocycles. The van der Waals surface area contributed by atoms with Crippen molar-refractivity contribution in [1.29, 1.82) is 5.26 Å². The molecule has 2 amide bonds. The SMILES string of the molecule is N#Cc1ccc(NC(=O)N2C[C@H](O)[C@@H](N3CCCC3)C2)cc1Cl. The minimum absolute atomic E-state index is 0.0211. The first-order valence-corrected chi connectivity index (χ1v) is 8.14. The number of benzene rings is 1. The van der Waals surface area contributed by atoms with Crippen LogP contribution in [0.3, 0.4) is 0 Å². The third-order valence-electron chi connectivity index (χ3n) is 4.50. The Hall–Kier alpha value is -1.81. The molecule has 6 nitrogen and oxygen atoms in total. The zero-order valence-electron chi connectivity index (χ0n) is 12.7. The van der Waals surface area contributed by atoms with Gasteiger partial charge in [0.1, 0.15) is 6.07 Å². The van der Waals surface area contributed by atoms with E-state index in [2.05, 4.69) is 10.2 Å². The van der Waals surface area contributed by atoms with E-state index in [-0.39, 0.29) is 12.1 Å². The van der Waals surface area contributed by atoms with Gasteiger partial charge in [0.05, 0.1) is 29.3 Å². The van der Waals surface area contributed by atoms with E-state index in [1.165, 1.54) is 0 Å². The summed E-state index contributed by atoms with van der Waals surface area (Å²) in [7, 11) is 0. The van der Waals surface area contributed by atoms with Gasteiger partial charge in [-0.15, -0.1) is 0 Å². The summed E-state index contributed by atoms with van der Waals surface area (Å²) < 4.78 is 0. The Kier molecular flexibility index (Phi) is 4.71. The lowest BCUT2D eigenvalue weighted by Crippen LogP contribution is -2.41. The summed E-state index contributed by atoms with van der Waals surface area (Å²) in [6.07, 6.45) is 1.79. The van der Waals surface area contributed by atoms with E-state index in [1.54, 1.807) is 23.1 Å². The Morgan fingerprint density at radius 2 is 2.09 bits per heavy atom. The van der Waals surface area contributed by atoms with E-state index in [9.17, 15) is 9.90 Å². The lowest BCUT2D eigenvalue weighted by molar-refractivity contribution is 0.0980. The molecule has 2 atom stereocenters. The second kappa shape index (κ2) is 6.75. The third-order valence-corrected chi connectivity index (χ3v) is 4.81. The second-order valence-electron chi connectivity index (χ2n) is 6.02. The van der Waals surface area contributed by atoms with E-state index in [0.717, 1.165) is 25.9 Å². The van der Waals surface area contributed by atoms with Crippen molar-refractivity contribution in [2.45, 2.75) is 25.0 Å². The van der Waals surface area contributed by atoms with Gasteiger partial charge in [-0.1, -0.05) is 11.6 Å². The lowest BCUT2D eigenvalue weighted by atomic mass is 10.2. The van der Waals surface area contributed by atoms with Crippen molar-refractivity contribution in [2.75, 3.05) is 31.5 Å². The molecule has 1 aromatic rings. The largest absolute Gasteiger partial charge is 0.390 e. The molecule has 0 unspecified atom stereocenters. The molecule has 2 heterocycles. The van der Waals surface area contributed by atoms with Crippen LogP contribution in [0.2, 0.25) is 5.02 Å². The minimum Gasteiger partial charge on any atom is -0.390 e. The molecule has 0 radical (unpaired) electrons. The molecule has 122 valence electrons. The molecule has 1 aromatic carbocycles. The van der Waals surface area contributed by atoms with Gasteiger partial charge in [-0.3, -0.25) is 4.90 Å². The fourth-order valence-electron chi connectivity index (χ4n) is 3.25. The summed E-state index contributed by atoms with van der Waals surface area (Å²) in [5.41, 5.74) is 0.911. The van der Waals surface area contributed by atoms with Crippen LogP contribution < -0.4 is 5.32 Å². The van der Waals surface area contributed by atoms with Gasteiger partial charge in [0.25, 0.3) is 0 Å². The molecule has 2 aliphatic rings. The van der Waals surface area contributed by atoms with Crippen molar-refractivity contribution in [1.82, 2.24) is 9.80 Å². The smallest absolute Gasteiger partial charge is 0.321 e. The Balaban J connectivity index is 1.62. The van der Waals surface area contributed by atoms with Gasteiger partial charge in [-0.25, -0.2) is 4.79 Å². The molecular formula is C16H19ClN4O2. The fraction of sp³-hybridized carbons (Fsp3) is 0.500. The topological polar surface area (TPSA) is 79.6 Å². The number of nitrogens with zero attached hydrogens (tertiary/aromatic N) is 3. The number of urea groups is 1. The molecule has 2 N–H and O–H groups in total. The van der Waals surface area contributed by atoms with Crippen molar-refractivity contribution in [3.8, 4) is 6.07 Å². The zero-order valence-corrected chi connectivity index (χ0v) is 13.5. The first-order chi connectivity index (χ1) is 11.1. The zero-order chi connectivity index (χ0) is 16.4. The van der Waals surface area contributed by atoms with Crippen LogP contribution in [-0.2, 0) is 0 Å². The maximum atomic E-state index is 12.4. The van der Waals surface area contributed by atoms with Crippen LogP contribution in [0.5, 0.6) is 0 Å². The van der Waals surface area contributed by atoms with Gasteiger partial charge in [-0.05, 0) is 44.1 Å². The molecule has 0 saturated carbocycles. The Morgan fingerprint density at radius 3 is 2.74 bits per heavy atom. The number of amides is 2. The van der Waals surface area contributed by atoms with Gasteiger partial charge >= 0.3 is 6.03 Å². The minimum atomic E-state index is -0.511. The van der Waals surface area contributed by atoms with Crippen molar-refractivity contribution in [2.24, 2.45) is 0 Å². The average Bonchev–Trinajstić information content (AvgIpc) is 3.16. The maximum absolute atomic E-state index is 12.4. The number of carbonyl (C=O) groups is 1. The highest BCUT2D eigenvalue weighted by molar-refractivity contribution is 6.32. The molecule has 23 heavy (non-hydrogen) atoms. The number of carbonyl (C=O) groups excluding carboxylic acids is 1. The van der Waals surface area contributed by atoms with Gasteiger partial charge in [0.15, 0.2) is 0 Å². The summed E-state index contributed by atoms with van der Waals surface area (Å²) in [5, 5.41) is 22.2. The number of hydrogen-bond acceptors (Lipinski definition) is 4. The van der Waals surface area contributed by atoms with E-state index in [0.29, 0.717) is 29.4 Å². The first kappa shape index (κ1) is 16.1. The number of aliphatic hydroxyl groups is 1. The van der Waals surface area contributed by atoms with Gasteiger partial charge < -0.3 is 15.3 Å². The number of rotatable bonds is 2. The highest BCUT2D eigenvalue weighted by Crippen LogP contribution is 2.23. The molecule has 0 aromatic heterocycles. The molecule has 3 rings (SSSR count). The summed E-state index contributed by atoms with van der Waals surface area (Å²) in [5.74, 6) is 0. The highest BCUT2D eigenvalue weighted by atomic mass is 35.5. The van der Waals surface area contributed by atoms with Crippen LogP contribution in [0.4, 0.5) is 10.5 Å². The third kappa shape index (κ3) is 3.42. The van der Waals surface area contributed by atoms with E-state index in [4.69, 9.17) is 16.9 Å². The predicted molar refractivity (Wildman–Crippen MR) is 87.4 cm³/mol. The highest BCUT2D eigenvalue weighted by Gasteiger charge is 2.38. The summed E-state index contributed by atoms with van der Waals surface area (Å²) in [6.45, 7) is 2.83. The van der Waals surface area contributed by atoms with Crippen LogP contribution in [-0.4, -0.2) is 59.3 Å². The number of likely N-dealkylation sites (tertiary alicyclic amines) is 2. The molecule has 0 spiro atoms. The molecule has 2 saturated heterocycles. The predicted octanol–water partition coefficient (Wildman–Crippen LogP) is 1.88. The van der Waals surface area contributed by atoms with Crippen molar-refractivity contribution < 1.29 is 9.90 Å². The van der Waals surface area contributed by atoms with Crippen LogP contribution in [0.25, 0.3) is 0 Å². The molecule has 0 aliphatic carbocycles. The van der Waals surface area contributed by atoms with E-state index >= 15 is 0 Å². The summed E-state index contributed by atoms with van der Waals surface area (Å²) in [6, 6.07) is 6.52. The quantitative estimate of drug-likeness (QED) is 0.865. The lowest BCUT2D eigenvalue weighted by Gasteiger charge is -2.25. The Morgan fingerprint density at radius 1 is 1.35 bits per heavy atom. The molecule has 2 fully saturated rings. The standard InChI is InChI=1S/C16H19ClN4O2/c17-13-7-12(4-3-11(13)8-18)19-16(23)21-9-14(15(22)10-21)20-5-1-2-6-20/h3-4,7,14-15,22H,1-2,5-6,9-10H2,(H,19,23)/t14-,15-/m0/s1. The number of halogens is 1. The van der Waals surface area contributed by atoms with Crippen LogP contribution in [0.15, 0.2) is 18.2 Å². The molecule has 0 bridgehead atoms. The number of nitriles is 1. The van der Waals surface area contributed by atoms with Gasteiger partial charge in [-0.2, -0.15) is 5.26 Å². The van der Waals surface area contributed by atoms with Gasteiger partial charge in [0.2, 0.25) is 0 Å². The van der Waals surface area contributed by atoms with Gasteiger partial charge in [0, 0.05) is 12.2 Å². The number of aliphatic hydroxyl groups excluding tert-OH is 1. The van der Waals surface area contributed by atoms with Crippen molar-refractivity contribution in [3.05, 3.63) is 28.8 Å². The number of nitrogens with one attached hydrogen (secondary N) is 1. The first-order valence-electron chi connectivity index (χ1n) is 7.76. The van der Waals surface area contributed by atoms with Crippen molar-refractivity contribution in [3.63, 3.8) is 0 Å². The summed E-state index contributed by atoms with van der Waals surface area (Å²) >= 11 is 5.97. The second-order valence-corrected chi connectivity index (χ2v) is 6.43. The van der Waals surface area contributed by atoms with E-state index < -0.39 is 6.10 Å². The van der Waals surface area contributed by atoms with Crippen LogP contribution in [0, 0.1) is 11.3 Å². The number of β-amino-alcohol motifs (C(OH)–C–C–N with tert-alkyl or cyclic N) is 1. The van der Waals surface area contributed by atoms with E-state index in [1.807, 2.05) is 6.07 Å². The Labute approximate surface area is 140 Å².